The third-order valence-corrected chi connectivity index (χ3v) is 3.05. The molecule has 100 valence electrons. The third kappa shape index (κ3) is 2.41. The first kappa shape index (κ1) is 12.8. The minimum Gasteiger partial charge on any atom is -0.457 e. The lowest BCUT2D eigenvalue weighted by molar-refractivity contribution is -0.137. The van der Waals surface area contributed by atoms with Gasteiger partial charge < -0.3 is 9.64 Å². The molecule has 0 spiro atoms. The molecule has 0 unspecified atom stereocenters. The van der Waals surface area contributed by atoms with E-state index in [9.17, 15) is 13.2 Å². The summed E-state index contributed by atoms with van der Waals surface area (Å²) >= 11 is 0. The Morgan fingerprint density at radius 3 is 2.45 bits per heavy atom. The SMILES string of the molecule is FC(F)(F)c1ccc(Oc2cccc3c2C=NB3)cc1. The van der Waals surface area contributed by atoms with Gasteiger partial charge in [0.05, 0.1) is 5.56 Å². The third-order valence-electron chi connectivity index (χ3n) is 3.05. The van der Waals surface area contributed by atoms with Crippen LogP contribution in [0.1, 0.15) is 11.1 Å². The Hall–Kier alpha value is -2.24. The molecule has 20 heavy (non-hydrogen) atoms. The lowest BCUT2D eigenvalue weighted by Gasteiger charge is -2.11. The number of rotatable bonds is 2. The Bertz CT molecular complexity index is 665. The first-order valence-electron chi connectivity index (χ1n) is 6.01. The number of halogens is 3. The summed E-state index contributed by atoms with van der Waals surface area (Å²) < 4.78 is 43.0. The van der Waals surface area contributed by atoms with Crippen LogP contribution in [0, 0.1) is 0 Å². The van der Waals surface area contributed by atoms with Crippen molar-refractivity contribution in [3.8, 4) is 11.5 Å². The Kier molecular flexibility index (Phi) is 3.01. The maximum Gasteiger partial charge on any atom is 0.416 e. The summed E-state index contributed by atoms with van der Waals surface area (Å²) in [6, 6.07) is 10.2. The van der Waals surface area contributed by atoms with Crippen LogP contribution in [0.25, 0.3) is 0 Å². The predicted octanol–water partition coefficient (Wildman–Crippen LogP) is 2.91. The van der Waals surface area contributed by atoms with Gasteiger partial charge in [-0.1, -0.05) is 12.1 Å². The number of hydrogen-bond donors (Lipinski definition) is 0. The Labute approximate surface area is 114 Å². The molecule has 0 N–H and O–H groups in total. The van der Waals surface area contributed by atoms with Crippen LogP contribution in [0.15, 0.2) is 47.4 Å². The van der Waals surface area contributed by atoms with Gasteiger partial charge in [-0.25, -0.2) is 0 Å². The Balaban J connectivity index is 1.86. The minimum atomic E-state index is -4.33. The van der Waals surface area contributed by atoms with Crippen LogP contribution < -0.4 is 10.2 Å². The highest BCUT2D eigenvalue weighted by atomic mass is 19.4. The molecular weight excluding hydrogens is 266 g/mol. The molecule has 0 aromatic heterocycles. The van der Waals surface area contributed by atoms with Gasteiger partial charge in [-0.05, 0) is 35.8 Å². The molecule has 0 saturated heterocycles. The van der Waals surface area contributed by atoms with E-state index in [1.54, 1.807) is 12.3 Å². The van der Waals surface area contributed by atoms with Gasteiger partial charge >= 0.3 is 6.18 Å². The summed E-state index contributed by atoms with van der Waals surface area (Å²) in [5.41, 5.74) is 1.24. The molecular formula is C14H9BF3NO. The van der Waals surface area contributed by atoms with E-state index in [1.807, 2.05) is 12.1 Å². The van der Waals surface area contributed by atoms with E-state index in [2.05, 4.69) is 4.90 Å². The van der Waals surface area contributed by atoms with Crippen molar-refractivity contribution in [3.63, 3.8) is 0 Å². The smallest absolute Gasteiger partial charge is 0.416 e. The molecule has 1 aliphatic heterocycles. The van der Waals surface area contributed by atoms with Crippen molar-refractivity contribution >= 4 is 19.1 Å². The summed E-state index contributed by atoms with van der Waals surface area (Å²) in [7, 11) is 0.611. The lowest BCUT2D eigenvalue weighted by atomic mass is 9.84. The number of ether oxygens (including phenoxy) is 1. The van der Waals surface area contributed by atoms with Crippen molar-refractivity contribution in [2.24, 2.45) is 4.90 Å². The van der Waals surface area contributed by atoms with Crippen LogP contribution in [0.4, 0.5) is 13.2 Å². The second-order valence-electron chi connectivity index (χ2n) is 4.42. The van der Waals surface area contributed by atoms with E-state index in [0.29, 0.717) is 18.9 Å². The van der Waals surface area contributed by atoms with Gasteiger partial charge in [0.2, 0.25) is 0 Å². The van der Waals surface area contributed by atoms with E-state index >= 15 is 0 Å². The predicted molar refractivity (Wildman–Crippen MR) is 72.3 cm³/mol. The zero-order valence-electron chi connectivity index (χ0n) is 10.3. The van der Waals surface area contributed by atoms with E-state index in [4.69, 9.17) is 4.74 Å². The van der Waals surface area contributed by atoms with Crippen molar-refractivity contribution in [1.82, 2.24) is 0 Å². The molecule has 0 saturated carbocycles. The van der Waals surface area contributed by atoms with Gasteiger partial charge in [-0.3, -0.25) is 0 Å². The molecule has 1 heterocycles. The average molecular weight is 275 g/mol. The number of hydrogen-bond acceptors (Lipinski definition) is 2. The first-order chi connectivity index (χ1) is 9.54. The molecule has 0 bridgehead atoms. The van der Waals surface area contributed by atoms with E-state index < -0.39 is 11.7 Å². The van der Waals surface area contributed by atoms with Gasteiger partial charge in [0.15, 0.2) is 0 Å². The van der Waals surface area contributed by atoms with Crippen LogP contribution in [0.2, 0.25) is 0 Å². The normalized spacial score (nSPS) is 12.9. The number of fused-ring (bicyclic) bond motifs is 1. The number of benzene rings is 2. The van der Waals surface area contributed by atoms with Gasteiger partial charge in [-0.15, -0.1) is 0 Å². The monoisotopic (exact) mass is 275 g/mol. The highest BCUT2D eigenvalue weighted by Gasteiger charge is 2.30. The molecule has 2 aromatic rings. The van der Waals surface area contributed by atoms with Crippen LogP contribution in [0.5, 0.6) is 11.5 Å². The van der Waals surface area contributed by atoms with Crippen LogP contribution >= 0.6 is 0 Å². The number of alkyl halides is 3. The summed E-state index contributed by atoms with van der Waals surface area (Å²) in [4.78, 5) is 4.15. The maximum absolute atomic E-state index is 12.5. The van der Waals surface area contributed by atoms with Crippen LogP contribution in [-0.4, -0.2) is 13.6 Å². The Morgan fingerprint density at radius 2 is 1.75 bits per heavy atom. The van der Waals surface area contributed by atoms with Crippen LogP contribution in [0.3, 0.4) is 0 Å². The molecule has 0 fully saturated rings. The summed E-state index contributed by atoms with van der Waals surface area (Å²) in [6.07, 6.45) is -2.62. The summed E-state index contributed by atoms with van der Waals surface area (Å²) in [5, 5.41) is 0. The average Bonchev–Trinajstić information content (AvgIpc) is 2.88. The lowest BCUT2D eigenvalue weighted by Crippen LogP contribution is -2.11. The van der Waals surface area contributed by atoms with Crippen molar-refractivity contribution < 1.29 is 17.9 Å². The molecule has 3 rings (SSSR count). The summed E-state index contributed by atoms with van der Waals surface area (Å²) in [5.74, 6) is 0.968. The fourth-order valence-electron chi connectivity index (χ4n) is 2.04. The van der Waals surface area contributed by atoms with Crippen molar-refractivity contribution in [2.75, 3.05) is 0 Å². The quantitative estimate of drug-likeness (QED) is 0.772. The molecule has 2 nitrogen and oxygen atoms in total. The maximum atomic E-state index is 12.5. The molecule has 0 atom stereocenters. The van der Waals surface area contributed by atoms with Gasteiger partial charge in [0, 0.05) is 11.8 Å². The number of nitrogens with zero attached hydrogens (tertiary/aromatic N) is 1. The van der Waals surface area contributed by atoms with Gasteiger partial charge in [0.25, 0.3) is 7.41 Å². The van der Waals surface area contributed by atoms with Gasteiger partial charge in [0.1, 0.15) is 11.5 Å². The van der Waals surface area contributed by atoms with Crippen LogP contribution in [-0.2, 0) is 6.18 Å². The van der Waals surface area contributed by atoms with Crippen molar-refractivity contribution in [2.45, 2.75) is 6.18 Å². The fourth-order valence-corrected chi connectivity index (χ4v) is 2.04. The molecule has 2 aromatic carbocycles. The highest BCUT2D eigenvalue weighted by Crippen LogP contribution is 2.31. The minimum absolute atomic E-state index is 0.367. The summed E-state index contributed by atoms with van der Waals surface area (Å²) in [6.45, 7) is 0. The zero-order valence-corrected chi connectivity index (χ0v) is 10.3. The van der Waals surface area contributed by atoms with Crippen molar-refractivity contribution in [3.05, 3.63) is 53.6 Å². The van der Waals surface area contributed by atoms with Gasteiger partial charge in [-0.2, -0.15) is 13.2 Å². The fraction of sp³-hybridized carbons (Fsp3) is 0.0714. The highest BCUT2D eigenvalue weighted by molar-refractivity contribution is 6.58. The second-order valence-corrected chi connectivity index (χ2v) is 4.42. The molecule has 6 heteroatoms. The van der Waals surface area contributed by atoms with E-state index in [0.717, 1.165) is 23.2 Å². The second kappa shape index (κ2) is 4.70. The molecule has 0 amide bonds. The first-order valence-corrected chi connectivity index (χ1v) is 6.01. The topological polar surface area (TPSA) is 21.6 Å². The molecule has 1 aliphatic rings. The van der Waals surface area contributed by atoms with E-state index in [-0.39, 0.29) is 0 Å². The van der Waals surface area contributed by atoms with Crippen molar-refractivity contribution in [1.29, 1.82) is 0 Å². The standard InChI is InChI=1S/C14H9BF3NO/c16-14(17,18)9-4-6-10(7-5-9)20-13-3-1-2-12-11(13)8-19-15-12/h1-8,15H. The molecule has 0 radical (unpaired) electrons. The largest absolute Gasteiger partial charge is 0.457 e. The van der Waals surface area contributed by atoms with E-state index in [1.165, 1.54) is 12.1 Å². The Morgan fingerprint density at radius 1 is 1.00 bits per heavy atom. The molecule has 0 aliphatic carbocycles. The zero-order chi connectivity index (χ0) is 14.2.